The van der Waals surface area contributed by atoms with Crippen molar-refractivity contribution < 1.29 is 9.53 Å². The van der Waals surface area contributed by atoms with Gasteiger partial charge in [-0.2, -0.15) is 0 Å². The van der Waals surface area contributed by atoms with E-state index in [1.165, 1.54) is 7.11 Å². The lowest BCUT2D eigenvalue weighted by Crippen LogP contribution is -2.09. The van der Waals surface area contributed by atoms with Crippen molar-refractivity contribution in [3.05, 3.63) is 12.2 Å². The van der Waals surface area contributed by atoms with Gasteiger partial charge in [0, 0.05) is 5.57 Å². The Balaban J connectivity index is 0. The maximum atomic E-state index is 10.2. The minimum absolute atomic E-state index is 0.347. The summed E-state index contributed by atoms with van der Waals surface area (Å²) in [7, 11) is 1.33. The van der Waals surface area contributed by atoms with E-state index < -0.39 is 0 Å². The van der Waals surface area contributed by atoms with Gasteiger partial charge in [-0.1, -0.05) is 20.4 Å². The molecule has 0 aromatic rings. The average Bonchev–Trinajstić information content (AvgIpc) is 2.05. The summed E-state index contributed by atoms with van der Waals surface area (Å²) < 4.78 is 4.27. The summed E-state index contributed by atoms with van der Waals surface area (Å²) in [4.78, 5) is 10.2. The van der Waals surface area contributed by atoms with Crippen LogP contribution in [0.1, 0.15) is 20.8 Å². The topological polar surface area (TPSA) is 38.3 Å². The summed E-state index contributed by atoms with van der Waals surface area (Å²) in [5.74, 6) is -0.347. The van der Waals surface area contributed by atoms with E-state index in [-0.39, 0.29) is 5.97 Å². The van der Waals surface area contributed by atoms with E-state index in [0.29, 0.717) is 5.57 Å². The fraction of sp³-hybridized carbons (Fsp3) is 0.667. The molecule has 0 aliphatic heterocycles. The number of hydrogen-bond donors (Lipinski definition) is 1. The molecule has 0 heterocycles. The van der Waals surface area contributed by atoms with Crippen LogP contribution in [0.5, 0.6) is 0 Å². The molecule has 0 unspecified atom stereocenters. The maximum absolute atomic E-state index is 10.2. The zero-order chi connectivity index (χ0) is 9.98. The lowest BCUT2D eigenvalue weighted by molar-refractivity contribution is -0.136. The first-order valence-electron chi connectivity index (χ1n) is 4.04. The van der Waals surface area contributed by atoms with Crippen LogP contribution in [0.15, 0.2) is 12.2 Å². The Morgan fingerprint density at radius 1 is 1.42 bits per heavy atom. The fourth-order valence-electron chi connectivity index (χ4n) is 0.424. The van der Waals surface area contributed by atoms with Crippen molar-refractivity contribution in [2.75, 3.05) is 20.2 Å². The second-order valence-electron chi connectivity index (χ2n) is 2.23. The summed E-state index contributed by atoms with van der Waals surface area (Å²) in [5.41, 5.74) is 0.433. The van der Waals surface area contributed by atoms with Gasteiger partial charge < -0.3 is 10.1 Å². The Kier molecular flexibility index (Phi) is 11.6. The summed E-state index contributed by atoms with van der Waals surface area (Å²) >= 11 is 0. The van der Waals surface area contributed by atoms with E-state index in [1.807, 2.05) is 0 Å². The number of carbonyl (C=O) groups is 1. The van der Waals surface area contributed by atoms with Gasteiger partial charge in [0.2, 0.25) is 0 Å². The molecule has 0 aliphatic rings. The Labute approximate surface area is 74.8 Å². The standard InChI is InChI=1S/C5H8O2.C4H11N/c1-4(2)5(6)7-3;1-3-5-4-2/h1H2,2-3H3;5H,3-4H2,1-2H3. The van der Waals surface area contributed by atoms with E-state index >= 15 is 0 Å². The minimum atomic E-state index is -0.347. The molecular weight excluding hydrogens is 154 g/mol. The van der Waals surface area contributed by atoms with Crippen LogP contribution in [0, 0.1) is 0 Å². The first-order chi connectivity index (χ1) is 5.59. The molecule has 0 fully saturated rings. The van der Waals surface area contributed by atoms with Gasteiger partial charge in [-0.3, -0.25) is 0 Å². The van der Waals surface area contributed by atoms with Gasteiger partial charge in [-0.15, -0.1) is 0 Å². The molecule has 0 saturated carbocycles. The quantitative estimate of drug-likeness (QED) is 0.517. The predicted molar refractivity (Wildman–Crippen MR) is 51.0 cm³/mol. The van der Waals surface area contributed by atoms with Gasteiger partial charge in [-0.25, -0.2) is 4.79 Å². The van der Waals surface area contributed by atoms with Crippen molar-refractivity contribution in [1.29, 1.82) is 0 Å². The summed E-state index contributed by atoms with van der Waals surface area (Å²) in [6, 6.07) is 0. The van der Waals surface area contributed by atoms with Gasteiger partial charge in [0.1, 0.15) is 0 Å². The van der Waals surface area contributed by atoms with E-state index in [2.05, 4.69) is 30.5 Å². The Morgan fingerprint density at radius 3 is 1.83 bits per heavy atom. The zero-order valence-corrected chi connectivity index (χ0v) is 8.44. The van der Waals surface area contributed by atoms with Crippen LogP contribution in [0.4, 0.5) is 0 Å². The Morgan fingerprint density at radius 2 is 1.83 bits per heavy atom. The number of hydrogen-bond acceptors (Lipinski definition) is 3. The van der Waals surface area contributed by atoms with Crippen LogP contribution in [-0.4, -0.2) is 26.2 Å². The molecule has 0 amide bonds. The van der Waals surface area contributed by atoms with Crippen LogP contribution >= 0.6 is 0 Å². The van der Waals surface area contributed by atoms with Crippen molar-refractivity contribution in [2.45, 2.75) is 20.8 Å². The van der Waals surface area contributed by atoms with E-state index in [4.69, 9.17) is 0 Å². The summed E-state index contributed by atoms with van der Waals surface area (Å²) in [5, 5.41) is 3.11. The SMILES string of the molecule is C=C(C)C(=O)OC.CCNCC. The minimum Gasteiger partial charge on any atom is -0.466 e. The van der Waals surface area contributed by atoms with Crippen LogP contribution in [-0.2, 0) is 9.53 Å². The molecule has 72 valence electrons. The van der Waals surface area contributed by atoms with Gasteiger partial charge in [0.05, 0.1) is 7.11 Å². The van der Waals surface area contributed by atoms with Crippen LogP contribution in [0.3, 0.4) is 0 Å². The van der Waals surface area contributed by atoms with Crippen molar-refractivity contribution in [2.24, 2.45) is 0 Å². The average molecular weight is 173 g/mol. The van der Waals surface area contributed by atoms with E-state index in [9.17, 15) is 4.79 Å². The smallest absolute Gasteiger partial charge is 0.332 e. The zero-order valence-electron chi connectivity index (χ0n) is 8.44. The highest BCUT2D eigenvalue weighted by atomic mass is 16.5. The van der Waals surface area contributed by atoms with E-state index in [0.717, 1.165) is 13.1 Å². The molecule has 0 saturated heterocycles. The highest BCUT2D eigenvalue weighted by Gasteiger charge is 1.95. The molecule has 0 rings (SSSR count). The molecule has 3 heteroatoms. The molecule has 0 aromatic carbocycles. The molecule has 0 aliphatic carbocycles. The second-order valence-corrected chi connectivity index (χ2v) is 2.23. The van der Waals surface area contributed by atoms with E-state index in [1.54, 1.807) is 6.92 Å². The molecular formula is C9H19NO2. The third-order valence-electron chi connectivity index (χ3n) is 1.03. The first-order valence-corrected chi connectivity index (χ1v) is 4.04. The third kappa shape index (κ3) is 11.9. The molecule has 0 bridgehead atoms. The number of methoxy groups -OCH3 is 1. The van der Waals surface area contributed by atoms with Crippen molar-refractivity contribution in [1.82, 2.24) is 5.32 Å². The third-order valence-corrected chi connectivity index (χ3v) is 1.03. The predicted octanol–water partition coefficient (Wildman–Crippen LogP) is 1.35. The lowest BCUT2D eigenvalue weighted by atomic mass is 10.4. The molecule has 3 nitrogen and oxygen atoms in total. The number of carbonyl (C=O) groups excluding carboxylic acids is 1. The highest BCUT2D eigenvalue weighted by Crippen LogP contribution is 1.87. The highest BCUT2D eigenvalue weighted by molar-refractivity contribution is 5.86. The van der Waals surface area contributed by atoms with Gasteiger partial charge in [-0.05, 0) is 20.0 Å². The normalized spacial score (nSPS) is 8.00. The Bertz CT molecular complexity index is 130. The molecule has 12 heavy (non-hydrogen) atoms. The van der Waals surface area contributed by atoms with Gasteiger partial charge >= 0.3 is 5.97 Å². The lowest BCUT2D eigenvalue weighted by Gasteiger charge is -1.91. The first kappa shape index (κ1) is 13.7. The number of rotatable bonds is 3. The van der Waals surface area contributed by atoms with Crippen LogP contribution in [0.2, 0.25) is 0 Å². The molecule has 1 N–H and O–H groups in total. The largest absolute Gasteiger partial charge is 0.466 e. The van der Waals surface area contributed by atoms with Crippen molar-refractivity contribution in [3.8, 4) is 0 Å². The van der Waals surface area contributed by atoms with Crippen molar-refractivity contribution >= 4 is 5.97 Å². The number of nitrogens with one attached hydrogen (secondary N) is 1. The fourth-order valence-corrected chi connectivity index (χ4v) is 0.424. The molecule has 0 aromatic heterocycles. The number of ether oxygens (including phenoxy) is 1. The monoisotopic (exact) mass is 173 g/mol. The molecule has 0 spiro atoms. The Hall–Kier alpha value is -0.830. The van der Waals surface area contributed by atoms with Gasteiger partial charge in [0.25, 0.3) is 0 Å². The van der Waals surface area contributed by atoms with Crippen molar-refractivity contribution in [3.63, 3.8) is 0 Å². The summed E-state index contributed by atoms with van der Waals surface area (Å²) in [6.45, 7) is 11.3. The molecule has 0 radical (unpaired) electrons. The number of esters is 1. The van der Waals surface area contributed by atoms with Gasteiger partial charge in [0.15, 0.2) is 0 Å². The maximum Gasteiger partial charge on any atom is 0.332 e. The second kappa shape index (κ2) is 10.2. The molecule has 0 atom stereocenters. The van der Waals surface area contributed by atoms with Crippen LogP contribution in [0.25, 0.3) is 0 Å². The summed E-state index contributed by atoms with van der Waals surface area (Å²) in [6.07, 6.45) is 0. The van der Waals surface area contributed by atoms with Crippen LogP contribution < -0.4 is 5.32 Å².